The molecule has 2 N–H and O–H groups in total. The summed E-state index contributed by atoms with van der Waals surface area (Å²) < 4.78 is 0. The van der Waals surface area contributed by atoms with E-state index in [1.807, 2.05) is 13.8 Å². The lowest BCUT2D eigenvalue weighted by atomic mass is 9.85. The molecule has 4 heteroatoms. The highest BCUT2D eigenvalue weighted by atomic mass is 16.4. The van der Waals surface area contributed by atoms with E-state index in [4.69, 9.17) is 5.11 Å². The molecular weight excluding hydrogens is 230 g/mol. The lowest BCUT2D eigenvalue weighted by Gasteiger charge is -2.26. The zero-order valence-electron chi connectivity index (χ0n) is 11.2. The summed E-state index contributed by atoms with van der Waals surface area (Å²) in [5, 5.41) is 11.9. The fourth-order valence-corrected chi connectivity index (χ4v) is 3.59. The highest BCUT2D eigenvalue weighted by Gasteiger charge is 2.40. The van der Waals surface area contributed by atoms with E-state index < -0.39 is 11.4 Å². The molecule has 1 amide bonds. The molecule has 18 heavy (non-hydrogen) atoms. The summed E-state index contributed by atoms with van der Waals surface area (Å²) in [6, 6.07) is 0.344. The topological polar surface area (TPSA) is 66.4 Å². The Hall–Kier alpha value is -1.06. The third-order valence-corrected chi connectivity index (χ3v) is 4.35. The summed E-state index contributed by atoms with van der Waals surface area (Å²) in [6.07, 6.45) is 5.29. The molecule has 3 unspecified atom stereocenters. The zero-order valence-corrected chi connectivity index (χ0v) is 11.2. The van der Waals surface area contributed by atoms with Crippen LogP contribution in [0, 0.1) is 17.3 Å². The molecular formula is C14H23NO3. The maximum absolute atomic E-state index is 12.0. The third-order valence-electron chi connectivity index (χ3n) is 4.35. The molecule has 0 aromatic rings. The molecule has 2 aliphatic rings. The van der Waals surface area contributed by atoms with Crippen LogP contribution in [-0.4, -0.2) is 23.0 Å². The van der Waals surface area contributed by atoms with Crippen LogP contribution in [0.15, 0.2) is 0 Å². The van der Waals surface area contributed by atoms with Gasteiger partial charge in [-0.15, -0.1) is 0 Å². The molecule has 2 bridgehead atoms. The summed E-state index contributed by atoms with van der Waals surface area (Å²) >= 11 is 0. The molecule has 0 heterocycles. The summed E-state index contributed by atoms with van der Waals surface area (Å²) in [7, 11) is 0. The van der Waals surface area contributed by atoms with Gasteiger partial charge < -0.3 is 10.4 Å². The van der Waals surface area contributed by atoms with Gasteiger partial charge >= 0.3 is 5.97 Å². The van der Waals surface area contributed by atoms with Gasteiger partial charge in [0.2, 0.25) is 5.91 Å². The van der Waals surface area contributed by atoms with E-state index in [0.29, 0.717) is 18.4 Å². The van der Waals surface area contributed by atoms with E-state index in [1.165, 1.54) is 19.3 Å². The molecule has 102 valence electrons. The molecule has 2 rings (SSSR count). The second kappa shape index (κ2) is 4.90. The highest BCUT2D eigenvalue weighted by molar-refractivity contribution is 5.78. The number of carboxylic acids is 1. The van der Waals surface area contributed by atoms with Gasteiger partial charge in [-0.05, 0) is 36.5 Å². The summed E-state index contributed by atoms with van der Waals surface area (Å²) in [5.74, 6) is 0.653. The first-order chi connectivity index (χ1) is 8.35. The fourth-order valence-electron chi connectivity index (χ4n) is 3.59. The molecule has 0 aromatic carbocycles. The number of amides is 1. The van der Waals surface area contributed by atoms with Crippen LogP contribution < -0.4 is 5.32 Å². The third kappa shape index (κ3) is 3.24. The number of carbonyl (C=O) groups is 2. The molecule has 0 aliphatic heterocycles. The second-order valence-corrected chi connectivity index (χ2v) is 6.76. The molecule has 0 radical (unpaired) electrons. The van der Waals surface area contributed by atoms with E-state index in [2.05, 4.69) is 5.32 Å². The number of nitrogens with one attached hydrogen (secondary N) is 1. The van der Waals surface area contributed by atoms with Crippen LogP contribution in [-0.2, 0) is 9.59 Å². The SMILES string of the molecule is CC(C)(CC(=O)O)CC(=O)NC1CC2CCC1C2. The van der Waals surface area contributed by atoms with Gasteiger partial charge in [0, 0.05) is 12.5 Å². The van der Waals surface area contributed by atoms with Crippen LogP contribution in [0.3, 0.4) is 0 Å². The van der Waals surface area contributed by atoms with Crippen molar-refractivity contribution in [3.05, 3.63) is 0 Å². The van der Waals surface area contributed by atoms with E-state index in [0.717, 1.165) is 12.3 Å². The van der Waals surface area contributed by atoms with Gasteiger partial charge in [0.15, 0.2) is 0 Å². The van der Waals surface area contributed by atoms with Crippen LogP contribution in [0.2, 0.25) is 0 Å². The molecule has 0 spiro atoms. The van der Waals surface area contributed by atoms with E-state index in [9.17, 15) is 9.59 Å². The molecule has 2 fully saturated rings. The van der Waals surface area contributed by atoms with Crippen LogP contribution in [0.5, 0.6) is 0 Å². The van der Waals surface area contributed by atoms with E-state index >= 15 is 0 Å². The van der Waals surface area contributed by atoms with Crippen molar-refractivity contribution in [1.29, 1.82) is 0 Å². The van der Waals surface area contributed by atoms with Gasteiger partial charge in [-0.1, -0.05) is 20.3 Å². The first kappa shape index (κ1) is 13.4. The average molecular weight is 253 g/mol. The predicted octanol–water partition coefficient (Wildman–Crippen LogP) is 2.18. The van der Waals surface area contributed by atoms with Crippen LogP contribution >= 0.6 is 0 Å². The Bertz CT molecular complexity index is 351. The van der Waals surface area contributed by atoms with Gasteiger partial charge in [0.05, 0.1) is 6.42 Å². The van der Waals surface area contributed by atoms with Crippen molar-refractivity contribution >= 4 is 11.9 Å². The first-order valence-electron chi connectivity index (χ1n) is 6.87. The molecule has 2 aliphatic carbocycles. The van der Waals surface area contributed by atoms with Crippen molar-refractivity contribution in [3.63, 3.8) is 0 Å². The summed E-state index contributed by atoms with van der Waals surface area (Å²) in [6.45, 7) is 3.67. The van der Waals surface area contributed by atoms with Gasteiger partial charge in [0.25, 0.3) is 0 Å². The number of fused-ring (bicyclic) bond motifs is 2. The number of aliphatic carboxylic acids is 1. The standard InChI is InChI=1S/C14H23NO3/c1-14(2,8-13(17)18)7-12(16)15-11-6-9-3-4-10(11)5-9/h9-11H,3-8H2,1-2H3,(H,15,16)(H,17,18). The quantitative estimate of drug-likeness (QED) is 0.789. The maximum Gasteiger partial charge on any atom is 0.303 e. The fraction of sp³-hybridized carbons (Fsp3) is 0.857. The number of carbonyl (C=O) groups excluding carboxylic acids is 1. The maximum atomic E-state index is 12.0. The molecule has 4 nitrogen and oxygen atoms in total. The minimum Gasteiger partial charge on any atom is -0.481 e. The number of rotatable bonds is 5. The molecule has 3 atom stereocenters. The summed E-state index contributed by atoms with van der Waals surface area (Å²) in [5.41, 5.74) is -0.465. The van der Waals surface area contributed by atoms with Crippen molar-refractivity contribution in [1.82, 2.24) is 5.32 Å². The lowest BCUT2D eigenvalue weighted by molar-refractivity contribution is -0.139. The number of hydrogen-bond donors (Lipinski definition) is 2. The predicted molar refractivity (Wildman–Crippen MR) is 68.0 cm³/mol. The van der Waals surface area contributed by atoms with Crippen molar-refractivity contribution < 1.29 is 14.7 Å². The van der Waals surface area contributed by atoms with Crippen molar-refractivity contribution in [3.8, 4) is 0 Å². The first-order valence-corrected chi connectivity index (χ1v) is 6.87. The molecule has 0 aromatic heterocycles. The molecule has 2 saturated carbocycles. The van der Waals surface area contributed by atoms with Crippen LogP contribution in [0.25, 0.3) is 0 Å². The van der Waals surface area contributed by atoms with Crippen LogP contribution in [0.4, 0.5) is 0 Å². The highest BCUT2D eigenvalue weighted by Crippen LogP contribution is 2.44. The number of hydrogen-bond acceptors (Lipinski definition) is 2. The summed E-state index contributed by atoms with van der Waals surface area (Å²) in [4.78, 5) is 22.7. The van der Waals surface area contributed by atoms with E-state index in [1.54, 1.807) is 0 Å². The Morgan fingerprint density at radius 1 is 1.22 bits per heavy atom. The Kier molecular flexibility index (Phi) is 3.64. The van der Waals surface area contributed by atoms with Gasteiger partial charge in [-0.3, -0.25) is 9.59 Å². The monoisotopic (exact) mass is 253 g/mol. The van der Waals surface area contributed by atoms with Crippen molar-refractivity contribution in [2.45, 2.75) is 58.4 Å². The van der Waals surface area contributed by atoms with Gasteiger partial charge in [-0.2, -0.15) is 0 Å². The smallest absolute Gasteiger partial charge is 0.303 e. The average Bonchev–Trinajstić information content (AvgIpc) is 2.74. The normalized spacial score (nSPS) is 30.4. The Labute approximate surface area is 108 Å². The van der Waals surface area contributed by atoms with E-state index in [-0.39, 0.29) is 12.3 Å². The zero-order chi connectivity index (χ0) is 13.3. The Morgan fingerprint density at radius 2 is 1.94 bits per heavy atom. The minimum atomic E-state index is -0.840. The minimum absolute atomic E-state index is 0.0128. The second-order valence-electron chi connectivity index (χ2n) is 6.76. The van der Waals surface area contributed by atoms with Gasteiger partial charge in [-0.25, -0.2) is 0 Å². The van der Waals surface area contributed by atoms with Gasteiger partial charge in [0.1, 0.15) is 0 Å². The van der Waals surface area contributed by atoms with Crippen molar-refractivity contribution in [2.24, 2.45) is 17.3 Å². The lowest BCUT2D eigenvalue weighted by Crippen LogP contribution is -2.40. The van der Waals surface area contributed by atoms with Crippen LogP contribution in [0.1, 0.15) is 52.4 Å². The largest absolute Gasteiger partial charge is 0.481 e. The Morgan fingerprint density at radius 3 is 2.44 bits per heavy atom. The molecule has 0 saturated heterocycles. The number of carboxylic acid groups (broad SMARTS) is 1. The Balaban J connectivity index is 1.80. The van der Waals surface area contributed by atoms with Crippen molar-refractivity contribution in [2.75, 3.05) is 0 Å².